The van der Waals surface area contributed by atoms with Crippen LogP contribution in [0, 0.1) is 52.8 Å². The second-order valence-corrected chi connectivity index (χ2v) is 30.0. The molecule has 6 atom stereocenters. The summed E-state index contributed by atoms with van der Waals surface area (Å²) in [6.07, 6.45) is 12.8. The molecule has 0 amide bonds. The first-order chi connectivity index (χ1) is 45.1. The first kappa shape index (κ1) is 84.8. The van der Waals surface area contributed by atoms with Gasteiger partial charge in [-0.25, -0.2) is 39.9 Å². The van der Waals surface area contributed by atoms with Crippen molar-refractivity contribution in [2.24, 2.45) is 40.9 Å². The zero-order valence-corrected chi connectivity index (χ0v) is 68.6. The molecule has 98 heavy (non-hydrogen) atoms. The third-order valence-corrected chi connectivity index (χ3v) is 22.1. The fourth-order valence-corrected chi connectivity index (χ4v) is 15.5. The number of benzene rings is 4. The van der Waals surface area contributed by atoms with Gasteiger partial charge < -0.3 is 59.9 Å². The van der Waals surface area contributed by atoms with Crippen molar-refractivity contribution in [3.63, 3.8) is 0 Å². The van der Waals surface area contributed by atoms with E-state index in [0.29, 0.717) is 90.6 Å². The summed E-state index contributed by atoms with van der Waals surface area (Å²) in [5, 5.41) is 24.6. The van der Waals surface area contributed by atoms with Gasteiger partial charge in [-0.15, -0.1) is 0 Å². The summed E-state index contributed by atoms with van der Waals surface area (Å²) in [4.78, 5) is 38.3. The van der Waals surface area contributed by atoms with E-state index in [4.69, 9.17) is 161 Å². The van der Waals surface area contributed by atoms with E-state index in [2.05, 4.69) is 98.6 Å². The zero-order valence-electron chi connectivity index (χ0n) is 53.1. The number of halogens is 12. The maximum atomic E-state index is 8.74. The predicted octanol–water partition coefficient (Wildman–Crippen LogP) is 17.7. The largest absolute Gasteiger partial charge is 0.490 e. The molecule has 7 heterocycles. The molecule has 6 fully saturated rings. The molecular weight excluding hydrogens is 1690 g/mol. The first-order valence-corrected chi connectivity index (χ1v) is 35.1. The van der Waals surface area contributed by atoms with Crippen molar-refractivity contribution in [1.29, 1.82) is 0 Å². The topological polar surface area (TPSA) is 266 Å². The van der Waals surface area contributed by atoms with Gasteiger partial charge in [0.15, 0.2) is 33.6 Å². The molecule has 0 bridgehead atoms. The molecule has 14 rings (SSSR count). The molecule has 3 aliphatic heterocycles. The fraction of sp³-hybridized carbons (Fsp3) is 0.364. The number of fused-ring (bicyclic) bond motifs is 3. The van der Waals surface area contributed by atoms with Crippen molar-refractivity contribution < 1.29 is 75.5 Å². The quantitative estimate of drug-likeness (QED) is 0.0602. The van der Waals surface area contributed by atoms with Crippen molar-refractivity contribution in [3.05, 3.63) is 163 Å². The van der Waals surface area contributed by atoms with Gasteiger partial charge >= 0.3 is 7.12 Å². The van der Waals surface area contributed by atoms with E-state index in [1.807, 2.05) is 24.3 Å². The van der Waals surface area contributed by atoms with Crippen LogP contribution in [0.5, 0.6) is 0 Å². The summed E-state index contributed by atoms with van der Waals surface area (Å²) in [6, 6.07) is 20.8. The molecule has 11 N–H and O–H groups in total. The first-order valence-electron chi connectivity index (χ1n) is 30.2. The summed E-state index contributed by atoms with van der Waals surface area (Å²) < 4.78 is 0.405. The molecule has 17 nitrogen and oxygen atoms in total. The number of nitrogen functional groups attached to an aromatic ring is 4. The Morgan fingerprint density at radius 1 is 0.490 bits per heavy atom. The van der Waals surface area contributed by atoms with Crippen LogP contribution in [-0.2, 0) is 65.4 Å². The molecular formula is C66H72BBrCl11N15O2Y2-2. The number of aromatic nitrogens is 8. The standard InChI is InChI=1S/C19H22Cl2N4.C18H19Cl2N4.C10H6Cl3N3.C8H14N.C6H5BCl2O2.C4H2BrCl2N3.CH4.2Y/c1-19(2)6-11-9-25(10-12(11)7-19)15-8-23-17(18(22)24-15)13-4-3-5-14(20)16(13)21;1-10-5-11-8-24(9-12(11)6-10)15-7-22-17(18(21)23-15)13-3-2-4-14(19)16(13)20;11-6-3-1-2-5(8(6)13)9-10(14)16-7(12)4-15-9;1-6-2-7-4-9-5-8(7)3-6;8-5-3-1-2-4(6(5)9)7(10)11;5-1-4(8)10-3(7)2(6)9-1;;;/h3-5,8,11-12H,6-7,9-10H2,1-2H3,(H2,22,24);2-4,7,11-12H,5-6,8-9H2,1H3,(H2,21,23);1-4H,(H2,14,16);7-9H,2-5H2,1H3;1-3,10-11H;(H2,8,10);1H4;;/q;-1;;-1;;;;;/t2*11-,12+;;7-,8+;;;;;. The van der Waals surface area contributed by atoms with Crippen LogP contribution in [0.3, 0.4) is 0 Å². The van der Waals surface area contributed by atoms with E-state index >= 15 is 0 Å². The van der Waals surface area contributed by atoms with Gasteiger partial charge in [0.2, 0.25) is 0 Å². The third-order valence-electron chi connectivity index (χ3n) is 17.4. The van der Waals surface area contributed by atoms with E-state index in [1.54, 1.807) is 66.7 Å². The number of hydrogen-bond acceptors (Lipinski definition) is 17. The Morgan fingerprint density at radius 2 is 0.847 bits per heavy atom. The minimum Gasteiger partial charge on any atom is -0.423 e. The molecule has 6 aliphatic rings. The number of hydrogen-bond donors (Lipinski definition) is 7. The molecule has 2 radical (unpaired) electrons. The minimum atomic E-state index is -1.57. The van der Waals surface area contributed by atoms with Gasteiger partial charge in [0.05, 0.1) is 58.8 Å². The number of anilines is 6. The van der Waals surface area contributed by atoms with Gasteiger partial charge in [-0.2, -0.15) is 39.5 Å². The summed E-state index contributed by atoms with van der Waals surface area (Å²) in [5.41, 5.74) is 27.8. The van der Waals surface area contributed by atoms with Crippen molar-refractivity contribution in [1.82, 2.24) is 45.2 Å². The van der Waals surface area contributed by atoms with Crippen LogP contribution in [-0.4, -0.2) is 96.3 Å². The van der Waals surface area contributed by atoms with E-state index in [0.717, 1.165) is 73.3 Å². The predicted molar refractivity (Wildman–Crippen MR) is 405 cm³/mol. The number of rotatable bonds is 6. The van der Waals surface area contributed by atoms with Gasteiger partial charge in [-0.1, -0.05) is 209 Å². The van der Waals surface area contributed by atoms with Crippen LogP contribution in [0.2, 0.25) is 55.6 Å². The van der Waals surface area contributed by atoms with Gasteiger partial charge in [-0.3, -0.25) is 0 Å². The molecule has 518 valence electrons. The molecule has 3 saturated carbocycles. The maximum Gasteiger partial charge on any atom is 0.490 e. The monoisotopic (exact) mass is 1760 g/mol. The molecule has 3 aliphatic carbocycles. The Labute approximate surface area is 687 Å². The summed E-state index contributed by atoms with van der Waals surface area (Å²) in [7, 11) is -1.57. The molecule has 32 heteroatoms. The van der Waals surface area contributed by atoms with Crippen LogP contribution in [0.15, 0.2) is 96.0 Å². The Hall–Kier alpha value is -2.18. The number of nitrogens with two attached hydrogens (primary N) is 4. The zero-order chi connectivity index (χ0) is 68.7. The van der Waals surface area contributed by atoms with Crippen molar-refractivity contribution in [3.8, 4) is 33.8 Å². The van der Waals surface area contributed by atoms with Gasteiger partial charge in [0, 0.05) is 114 Å². The maximum absolute atomic E-state index is 8.74. The minimum absolute atomic E-state index is 0. The second kappa shape index (κ2) is 38.2. The van der Waals surface area contributed by atoms with Crippen LogP contribution in [0.1, 0.15) is 73.6 Å². The van der Waals surface area contributed by atoms with Crippen LogP contribution >= 0.6 is 144 Å². The fourth-order valence-electron chi connectivity index (χ4n) is 13.2. The molecule has 0 unspecified atom stereocenters. The average molecular weight is 1770 g/mol. The Kier molecular flexibility index (Phi) is 33.0. The normalized spacial score (nSPS) is 19.9. The van der Waals surface area contributed by atoms with Gasteiger partial charge in [-0.05, 0) is 95.2 Å². The molecule has 0 spiro atoms. The molecule has 3 saturated heterocycles. The number of nitrogens with zero attached hydrogens (tertiary/aromatic N) is 10. The van der Waals surface area contributed by atoms with Gasteiger partial charge in [0.25, 0.3) is 0 Å². The molecule has 4 aromatic carbocycles. The van der Waals surface area contributed by atoms with E-state index in [1.165, 1.54) is 63.9 Å². The second-order valence-electron chi connectivity index (χ2n) is 25.0. The van der Waals surface area contributed by atoms with Crippen LogP contribution in [0.25, 0.3) is 33.8 Å². The smallest absolute Gasteiger partial charge is 0.423 e. The Balaban J connectivity index is 0.000000192. The Morgan fingerprint density at radius 3 is 1.22 bits per heavy atom. The van der Waals surface area contributed by atoms with Gasteiger partial charge in [0.1, 0.15) is 38.5 Å². The Bertz CT molecular complexity index is 3950. The summed E-state index contributed by atoms with van der Waals surface area (Å²) in [6.45, 7) is 16.0. The van der Waals surface area contributed by atoms with E-state index in [-0.39, 0.29) is 110 Å². The SMILES string of the molecule is C.CC1(C)C[C@H]2CN(c3cnc(-c4cccc(Cl)c4Cl)c(N)n3)C[C@H]2C1.C[C-]1C[C@@H]2CN(c3cnc(-c4cccc(Cl)c4Cl)c(N)n3)C[C@@H]2C1.C[C-]1C[C@H]2CNC[C@H]2C1.Nc1nc(Cl)c(Cl)nc1Br.Nc1nc(Cl)cnc1-c1cccc(Cl)c1Cl.OB(O)c1cccc(Cl)c1Cl.[Y].[Y]. The van der Waals surface area contributed by atoms with Crippen molar-refractivity contribution in [2.75, 3.05) is 72.0 Å². The summed E-state index contributed by atoms with van der Waals surface area (Å²) >= 11 is 67.6. The van der Waals surface area contributed by atoms with Crippen molar-refractivity contribution in [2.45, 2.75) is 73.6 Å². The molecule has 4 aromatic heterocycles. The van der Waals surface area contributed by atoms with Crippen LogP contribution < -0.4 is 43.5 Å². The van der Waals surface area contributed by atoms with E-state index in [9.17, 15) is 0 Å². The van der Waals surface area contributed by atoms with E-state index < -0.39 is 7.12 Å². The van der Waals surface area contributed by atoms with Crippen LogP contribution in [0.4, 0.5) is 34.9 Å². The molecule has 8 aromatic rings. The third kappa shape index (κ3) is 21.7. The van der Waals surface area contributed by atoms with Crippen molar-refractivity contribution >= 4 is 191 Å². The average Bonchev–Trinajstić information content (AvgIpc) is 1.58. The summed E-state index contributed by atoms with van der Waals surface area (Å²) in [5.74, 6) is 11.3. The number of nitrogens with one attached hydrogen (secondary N) is 1.